The summed E-state index contributed by atoms with van der Waals surface area (Å²) in [5.74, 6) is 0.215. The molecule has 3 rings (SSSR count). The van der Waals surface area contributed by atoms with E-state index in [0.717, 1.165) is 38.2 Å². The molecular formula is C15H23N3O. The molecule has 1 amide bonds. The molecule has 2 aliphatic rings. The molecule has 1 unspecified atom stereocenters. The van der Waals surface area contributed by atoms with Crippen LogP contribution in [0.1, 0.15) is 49.1 Å². The topological polar surface area (TPSA) is 37.3 Å². The molecule has 1 aliphatic carbocycles. The molecule has 0 bridgehead atoms. The Labute approximate surface area is 114 Å². The van der Waals surface area contributed by atoms with Gasteiger partial charge in [0, 0.05) is 31.4 Å². The molecule has 19 heavy (non-hydrogen) atoms. The van der Waals surface area contributed by atoms with Gasteiger partial charge in [0.1, 0.15) is 5.69 Å². The molecule has 4 nitrogen and oxygen atoms in total. The summed E-state index contributed by atoms with van der Waals surface area (Å²) in [6, 6.07) is 4.92. The van der Waals surface area contributed by atoms with Gasteiger partial charge in [-0.15, -0.1) is 0 Å². The van der Waals surface area contributed by atoms with Crippen molar-refractivity contribution in [3.63, 3.8) is 0 Å². The summed E-state index contributed by atoms with van der Waals surface area (Å²) in [6.07, 6.45) is 6.59. The average molecular weight is 261 g/mol. The number of carbonyl (C=O) groups is 1. The van der Waals surface area contributed by atoms with Crippen molar-refractivity contribution in [2.24, 2.45) is 0 Å². The number of carbonyl (C=O) groups excluding carboxylic acids is 1. The molecule has 2 heterocycles. The normalized spacial score (nSPS) is 22.7. The minimum absolute atomic E-state index is 0.215. The van der Waals surface area contributed by atoms with E-state index in [-0.39, 0.29) is 5.91 Å². The Morgan fingerprint density at radius 2 is 2.32 bits per heavy atom. The first-order chi connectivity index (χ1) is 9.31. The lowest BCUT2D eigenvalue weighted by atomic mass is 10.2. The molecule has 4 heteroatoms. The summed E-state index contributed by atoms with van der Waals surface area (Å²) in [6.45, 7) is 4.97. The van der Waals surface area contributed by atoms with Crippen LogP contribution in [0.5, 0.6) is 0 Å². The fraction of sp³-hybridized carbons (Fsp3) is 0.667. The largest absolute Gasteiger partial charge is 0.340 e. The van der Waals surface area contributed by atoms with Gasteiger partial charge < -0.3 is 14.8 Å². The Balaban J connectivity index is 1.80. The molecule has 1 saturated heterocycles. The van der Waals surface area contributed by atoms with E-state index in [1.165, 1.54) is 12.8 Å². The number of nitrogens with one attached hydrogen (secondary N) is 1. The Morgan fingerprint density at radius 3 is 2.95 bits per heavy atom. The molecule has 0 aromatic carbocycles. The molecule has 0 radical (unpaired) electrons. The Hall–Kier alpha value is -1.29. The first-order valence-corrected chi connectivity index (χ1v) is 7.49. The number of rotatable bonds is 5. The van der Waals surface area contributed by atoms with Crippen LogP contribution < -0.4 is 5.32 Å². The number of amides is 1. The third kappa shape index (κ3) is 2.54. The lowest BCUT2D eigenvalue weighted by molar-refractivity contribution is 0.0681. The van der Waals surface area contributed by atoms with Crippen molar-refractivity contribution in [1.82, 2.24) is 14.8 Å². The van der Waals surface area contributed by atoms with Gasteiger partial charge in [0.2, 0.25) is 0 Å². The van der Waals surface area contributed by atoms with Gasteiger partial charge in [0.15, 0.2) is 0 Å². The Bertz CT molecular complexity index is 444. The lowest BCUT2D eigenvalue weighted by Gasteiger charge is -2.28. The number of hydrogen-bond donors (Lipinski definition) is 1. The zero-order valence-corrected chi connectivity index (χ0v) is 11.6. The summed E-state index contributed by atoms with van der Waals surface area (Å²) >= 11 is 0. The number of nitrogens with zero attached hydrogens (tertiary/aromatic N) is 2. The number of aromatic nitrogens is 1. The molecule has 1 aromatic rings. The highest BCUT2D eigenvalue weighted by Crippen LogP contribution is 2.36. The highest BCUT2D eigenvalue weighted by Gasteiger charge is 2.31. The molecule has 1 aromatic heterocycles. The summed E-state index contributed by atoms with van der Waals surface area (Å²) in [7, 11) is 0. The summed E-state index contributed by atoms with van der Waals surface area (Å²) in [5, 5.41) is 3.36. The van der Waals surface area contributed by atoms with Gasteiger partial charge >= 0.3 is 0 Å². The monoisotopic (exact) mass is 261 g/mol. The van der Waals surface area contributed by atoms with Crippen LogP contribution in [0.15, 0.2) is 18.3 Å². The fourth-order valence-electron chi connectivity index (χ4n) is 2.99. The Morgan fingerprint density at radius 1 is 1.47 bits per heavy atom. The maximum Gasteiger partial charge on any atom is 0.270 e. The molecule has 1 aliphatic heterocycles. The van der Waals surface area contributed by atoms with Gasteiger partial charge in [-0.25, -0.2) is 0 Å². The van der Waals surface area contributed by atoms with E-state index < -0.39 is 0 Å². The third-order valence-corrected chi connectivity index (χ3v) is 4.14. The van der Waals surface area contributed by atoms with Crippen LogP contribution in [0.4, 0.5) is 0 Å². The van der Waals surface area contributed by atoms with E-state index in [2.05, 4.69) is 27.9 Å². The van der Waals surface area contributed by atoms with Crippen LogP contribution in [0.25, 0.3) is 0 Å². The lowest BCUT2D eigenvalue weighted by Crippen LogP contribution is -2.42. The van der Waals surface area contributed by atoms with Crippen molar-refractivity contribution in [2.45, 2.75) is 44.7 Å². The van der Waals surface area contributed by atoms with Crippen molar-refractivity contribution in [2.75, 3.05) is 19.6 Å². The maximum atomic E-state index is 12.8. The highest BCUT2D eigenvalue weighted by molar-refractivity contribution is 5.93. The van der Waals surface area contributed by atoms with E-state index >= 15 is 0 Å². The standard InChI is InChI=1S/C15H23N3O/c1-2-9-18(13-7-8-16-11-13)15(19)14-4-3-10-17(14)12-5-6-12/h3-4,10,12-13,16H,2,5-9,11H2,1H3. The van der Waals surface area contributed by atoms with Gasteiger partial charge in [-0.3, -0.25) is 4.79 Å². The van der Waals surface area contributed by atoms with Gasteiger partial charge in [0.25, 0.3) is 5.91 Å². The van der Waals surface area contributed by atoms with Crippen LogP contribution in [0, 0.1) is 0 Å². The predicted molar refractivity (Wildman–Crippen MR) is 75.3 cm³/mol. The average Bonchev–Trinajstić information content (AvgIpc) is 2.95. The van der Waals surface area contributed by atoms with Gasteiger partial charge in [-0.1, -0.05) is 6.92 Å². The zero-order chi connectivity index (χ0) is 13.2. The van der Waals surface area contributed by atoms with E-state index in [1.54, 1.807) is 0 Å². The maximum absolute atomic E-state index is 12.8. The SMILES string of the molecule is CCCN(C(=O)c1cccn1C1CC1)C1CCNC1. The van der Waals surface area contributed by atoms with E-state index in [1.807, 2.05) is 12.1 Å². The molecule has 104 valence electrons. The van der Waals surface area contributed by atoms with E-state index in [4.69, 9.17) is 0 Å². The van der Waals surface area contributed by atoms with Gasteiger partial charge in [-0.05, 0) is 44.4 Å². The molecule has 2 fully saturated rings. The molecule has 1 N–H and O–H groups in total. The predicted octanol–water partition coefficient (Wildman–Crippen LogP) is 2.04. The van der Waals surface area contributed by atoms with Crippen LogP contribution in [-0.2, 0) is 0 Å². The van der Waals surface area contributed by atoms with Crippen molar-refractivity contribution in [1.29, 1.82) is 0 Å². The number of hydrogen-bond acceptors (Lipinski definition) is 2. The second-order valence-corrected chi connectivity index (χ2v) is 5.68. The van der Waals surface area contributed by atoms with Crippen molar-refractivity contribution in [3.8, 4) is 0 Å². The minimum Gasteiger partial charge on any atom is -0.340 e. The quantitative estimate of drug-likeness (QED) is 0.880. The van der Waals surface area contributed by atoms with Gasteiger partial charge in [0.05, 0.1) is 0 Å². The highest BCUT2D eigenvalue weighted by atomic mass is 16.2. The molecular weight excluding hydrogens is 238 g/mol. The van der Waals surface area contributed by atoms with Crippen LogP contribution >= 0.6 is 0 Å². The van der Waals surface area contributed by atoms with Crippen LogP contribution in [0.2, 0.25) is 0 Å². The first-order valence-electron chi connectivity index (χ1n) is 7.49. The summed E-state index contributed by atoms with van der Waals surface area (Å²) in [4.78, 5) is 14.9. The minimum atomic E-state index is 0.215. The molecule has 1 atom stereocenters. The smallest absolute Gasteiger partial charge is 0.270 e. The van der Waals surface area contributed by atoms with Crippen LogP contribution in [0.3, 0.4) is 0 Å². The third-order valence-electron chi connectivity index (χ3n) is 4.14. The first kappa shape index (κ1) is 12.7. The van der Waals surface area contributed by atoms with Crippen molar-refractivity contribution in [3.05, 3.63) is 24.0 Å². The second-order valence-electron chi connectivity index (χ2n) is 5.68. The zero-order valence-electron chi connectivity index (χ0n) is 11.6. The molecule has 1 saturated carbocycles. The van der Waals surface area contributed by atoms with E-state index in [9.17, 15) is 4.79 Å². The van der Waals surface area contributed by atoms with E-state index in [0.29, 0.717) is 12.1 Å². The van der Waals surface area contributed by atoms with Crippen LogP contribution in [-0.4, -0.2) is 41.1 Å². The van der Waals surface area contributed by atoms with Crippen molar-refractivity contribution >= 4 is 5.91 Å². The Kier molecular flexibility index (Phi) is 3.60. The molecule has 0 spiro atoms. The van der Waals surface area contributed by atoms with Crippen molar-refractivity contribution < 1.29 is 4.79 Å². The second kappa shape index (κ2) is 5.37. The van der Waals surface area contributed by atoms with Gasteiger partial charge in [-0.2, -0.15) is 0 Å². The fourth-order valence-corrected chi connectivity index (χ4v) is 2.99. The summed E-state index contributed by atoms with van der Waals surface area (Å²) < 4.78 is 2.17. The summed E-state index contributed by atoms with van der Waals surface area (Å²) in [5.41, 5.74) is 0.878.